The first-order chi connectivity index (χ1) is 21.5. The molecule has 44 heavy (non-hydrogen) atoms. The number of ether oxygens (including phenoxy) is 2. The molecule has 0 radical (unpaired) electrons. The number of carbonyl (C=O) groups excluding carboxylic acids is 2. The first-order valence-electron chi connectivity index (χ1n) is 15.8. The van der Waals surface area contributed by atoms with Gasteiger partial charge in [0.05, 0.1) is 60.2 Å². The molecule has 2 amide bonds. The van der Waals surface area contributed by atoms with Crippen LogP contribution in [-0.4, -0.2) is 81.1 Å². The summed E-state index contributed by atoms with van der Waals surface area (Å²) < 4.78 is 10.8. The average molecular weight is 597 g/mol. The SMILES string of the molecule is CCOCCC(=O)N1CCC[C@H]1c1nc2ccc(C#Cc3ccc4nc([C@@H]5CCCN5C(=O)CCOCC)[nH]c4c3)cc2[nH]1. The molecule has 2 aliphatic heterocycles. The Hall–Kier alpha value is -4.20. The fraction of sp³-hybridized carbons (Fsp3) is 0.471. The van der Waals surface area contributed by atoms with Gasteiger partial charge in [0.2, 0.25) is 11.8 Å². The predicted molar refractivity (Wildman–Crippen MR) is 168 cm³/mol. The predicted octanol–water partition coefficient (Wildman–Crippen LogP) is 5.02. The molecule has 0 saturated carbocycles. The van der Waals surface area contributed by atoms with Gasteiger partial charge in [-0.3, -0.25) is 9.59 Å². The molecule has 2 aromatic carbocycles. The molecule has 2 fully saturated rings. The molecule has 0 aliphatic carbocycles. The van der Waals surface area contributed by atoms with Gasteiger partial charge in [0.25, 0.3) is 0 Å². The molecule has 2 N–H and O–H groups in total. The fourth-order valence-corrected chi connectivity index (χ4v) is 6.27. The Bertz CT molecular complexity index is 1580. The van der Waals surface area contributed by atoms with Gasteiger partial charge in [0, 0.05) is 37.4 Å². The van der Waals surface area contributed by atoms with E-state index in [9.17, 15) is 9.59 Å². The van der Waals surface area contributed by atoms with Crippen molar-refractivity contribution in [3.8, 4) is 11.8 Å². The summed E-state index contributed by atoms with van der Waals surface area (Å²) in [5.41, 5.74) is 5.30. The molecular weight excluding hydrogens is 556 g/mol. The van der Waals surface area contributed by atoms with Crippen LogP contribution >= 0.6 is 0 Å². The molecule has 10 nitrogen and oxygen atoms in total. The third kappa shape index (κ3) is 6.49. The van der Waals surface area contributed by atoms with Crippen molar-refractivity contribution in [2.45, 2.75) is 64.5 Å². The Morgan fingerprint density at radius 2 is 1.23 bits per heavy atom. The molecule has 4 aromatic rings. The highest BCUT2D eigenvalue weighted by Gasteiger charge is 2.33. The quantitative estimate of drug-likeness (QED) is 0.196. The number of fused-ring (bicyclic) bond motifs is 2. The van der Waals surface area contributed by atoms with Crippen molar-refractivity contribution in [3.05, 3.63) is 59.2 Å². The van der Waals surface area contributed by atoms with Crippen molar-refractivity contribution in [1.82, 2.24) is 29.7 Å². The maximum absolute atomic E-state index is 12.8. The van der Waals surface area contributed by atoms with E-state index in [1.165, 1.54) is 0 Å². The molecule has 2 aromatic heterocycles. The number of rotatable bonds is 10. The summed E-state index contributed by atoms with van der Waals surface area (Å²) in [6.07, 6.45) is 4.51. The number of likely N-dealkylation sites (tertiary alicyclic amines) is 2. The molecule has 10 heteroatoms. The van der Waals surface area contributed by atoms with Crippen molar-refractivity contribution in [3.63, 3.8) is 0 Å². The highest BCUT2D eigenvalue weighted by Crippen LogP contribution is 2.33. The van der Waals surface area contributed by atoms with Gasteiger partial charge in [0.1, 0.15) is 11.6 Å². The van der Waals surface area contributed by atoms with Gasteiger partial charge in [-0.05, 0) is 75.9 Å². The van der Waals surface area contributed by atoms with Crippen LogP contribution in [0.3, 0.4) is 0 Å². The molecule has 2 aliphatic rings. The Balaban J connectivity index is 1.15. The number of benzene rings is 2. The summed E-state index contributed by atoms with van der Waals surface area (Å²) in [5, 5.41) is 0. The molecule has 2 atom stereocenters. The molecule has 230 valence electrons. The third-order valence-corrected chi connectivity index (χ3v) is 8.46. The summed E-state index contributed by atoms with van der Waals surface area (Å²) >= 11 is 0. The topological polar surface area (TPSA) is 116 Å². The number of amides is 2. The zero-order valence-corrected chi connectivity index (χ0v) is 25.5. The van der Waals surface area contributed by atoms with Crippen molar-refractivity contribution < 1.29 is 19.1 Å². The Morgan fingerprint density at radius 3 is 1.66 bits per heavy atom. The summed E-state index contributed by atoms with van der Waals surface area (Å²) in [7, 11) is 0. The van der Waals surface area contributed by atoms with Gasteiger partial charge >= 0.3 is 0 Å². The van der Waals surface area contributed by atoms with Gasteiger partial charge < -0.3 is 29.2 Å². The Morgan fingerprint density at radius 1 is 0.773 bits per heavy atom. The van der Waals surface area contributed by atoms with Crippen LogP contribution in [0.5, 0.6) is 0 Å². The monoisotopic (exact) mass is 596 g/mol. The number of hydrogen-bond donors (Lipinski definition) is 2. The molecule has 2 saturated heterocycles. The van der Waals surface area contributed by atoms with Crippen molar-refractivity contribution >= 4 is 33.9 Å². The van der Waals surface area contributed by atoms with E-state index in [2.05, 4.69) is 21.8 Å². The standard InChI is InChI=1S/C34H40N6O4/c1-3-43-19-15-31(41)39-17-5-7-29(39)33-35-25-13-11-23(21-27(25)37-33)9-10-24-12-14-26-28(22-24)38-34(36-26)30-8-6-18-40(30)32(42)16-20-44-4-2/h11-14,21-22,29-30H,3-8,15-20H2,1-2H3,(H,35,37)(H,36,38)/t29-,30-/m0/s1. The minimum Gasteiger partial charge on any atom is -0.381 e. The van der Waals surface area contributed by atoms with E-state index in [-0.39, 0.29) is 23.9 Å². The van der Waals surface area contributed by atoms with Crippen molar-refractivity contribution in [2.24, 2.45) is 0 Å². The second-order valence-electron chi connectivity index (χ2n) is 11.3. The molecule has 0 bridgehead atoms. The van der Waals surface area contributed by atoms with Gasteiger partial charge in [-0.15, -0.1) is 0 Å². The van der Waals surface area contributed by atoms with Crippen LogP contribution in [0.2, 0.25) is 0 Å². The van der Waals surface area contributed by atoms with E-state index in [1.807, 2.05) is 60.0 Å². The minimum atomic E-state index is -0.0402. The van der Waals surface area contributed by atoms with E-state index < -0.39 is 0 Å². The summed E-state index contributed by atoms with van der Waals surface area (Å²) in [5.74, 6) is 8.44. The van der Waals surface area contributed by atoms with E-state index in [4.69, 9.17) is 19.4 Å². The van der Waals surface area contributed by atoms with Gasteiger partial charge in [-0.2, -0.15) is 0 Å². The first-order valence-corrected chi connectivity index (χ1v) is 15.8. The first kappa shape index (κ1) is 29.9. The van der Waals surface area contributed by atoms with Crippen LogP contribution in [0, 0.1) is 11.8 Å². The van der Waals surface area contributed by atoms with Gasteiger partial charge in [0.15, 0.2) is 0 Å². The van der Waals surface area contributed by atoms with Gasteiger partial charge in [-0.25, -0.2) is 9.97 Å². The number of imidazole rings is 2. The second-order valence-corrected chi connectivity index (χ2v) is 11.3. The maximum atomic E-state index is 12.8. The molecule has 0 unspecified atom stereocenters. The number of hydrogen-bond acceptors (Lipinski definition) is 6. The fourth-order valence-electron chi connectivity index (χ4n) is 6.27. The van der Waals surface area contributed by atoms with Crippen LogP contribution in [0.4, 0.5) is 0 Å². The maximum Gasteiger partial charge on any atom is 0.225 e. The molecule has 4 heterocycles. The summed E-state index contributed by atoms with van der Waals surface area (Å²) in [4.78, 5) is 46.0. The van der Waals surface area contributed by atoms with Crippen LogP contribution in [0.15, 0.2) is 36.4 Å². The smallest absolute Gasteiger partial charge is 0.225 e. The largest absolute Gasteiger partial charge is 0.381 e. The summed E-state index contributed by atoms with van der Waals surface area (Å²) in [6.45, 7) is 7.49. The van der Waals surface area contributed by atoms with E-state index in [1.54, 1.807) is 0 Å². The van der Waals surface area contributed by atoms with Crippen molar-refractivity contribution in [1.29, 1.82) is 0 Å². The van der Waals surface area contributed by atoms with Crippen LogP contribution < -0.4 is 0 Å². The summed E-state index contributed by atoms with van der Waals surface area (Å²) in [6, 6.07) is 11.8. The van der Waals surface area contributed by atoms with E-state index in [0.717, 1.165) is 83.6 Å². The van der Waals surface area contributed by atoms with Crippen LogP contribution in [0.25, 0.3) is 22.1 Å². The normalized spacial score (nSPS) is 18.3. The van der Waals surface area contributed by atoms with Gasteiger partial charge in [-0.1, -0.05) is 11.8 Å². The van der Waals surface area contributed by atoms with E-state index in [0.29, 0.717) is 39.3 Å². The molecule has 6 rings (SSSR count). The van der Waals surface area contributed by atoms with Crippen molar-refractivity contribution in [2.75, 3.05) is 39.5 Å². The second kappa shape index (κ2) is 13.6. The average Bonchev–Trinajstić information content (AvgIpc) is 3.84. The number of aromatic amines is 2. The lowest BCUT2D eigenvalue weighted by molar-refractivity contribution is -0.134. The lowest BCUT2D eigenvalue weighted by atomic mass is 10.1. The van der Waals surface area contributed by atoms with Crippen LogP contribution in [0.1, 0.15) is 87.2 Å². The highest BCUT2D eigenvalue weighted by molar-refractivity contribution is 5.80. The third-order valence-electron chi connectivity index (χ3n) is 8.46. The van der Waals surface area contributed by atoms with Crippen LogP contribution in [-0.2, 0) is 19.1 Å². The number of H-pyrrole nitrogens is 2. The highest BCUT2D eigenvalue weighted by atomic mass is 16.5. The van der Waals surface area contributed by atoms with E-state index >= 15 is 0 Å². The lowest BCUT2D eigenvalue weighted by Gasteiger charge is -2.23. The molecular formula is C34H40N6O4. The Kier molecular flexibility index (Phi) is 9.24. The minimum absolute atomic E-state index is 0.0402. The zero-order valence-electron chi connectivity index (χ0n) is 25.5. The number of aromatic nitrogens is 4. The Labute approximate surface area is 257 Å². The zero-order chi connectivity index (χ0) is 30.5. The molecule has 0 spiro atoms. The lowest BCUT2D eigenvalue weighted by Crippen LogP contribution is -2.31. The number of nitrogens with one attached hydrogen (secondary N) is 2. The number of carbonyl (C=O) groups is 2. The number of nitrogens with zero attached hydrogens (tertiary/aromatic N) is 4.